The second-order valence-corrected chi connectivity index (χ2v) is 4.30. The summed E-state index contributed by atoms with van der Waals surface area (Å²) in [5.41, 5.74) is -0.0716. The summed E-state index contributed by atoms with van der Waals surface area (Å²) in [5.74, 6) is -0.111. The average Bonchev–Trinajstić information content (AvgIpc) is 2.63. The minimum atomic E-state index is -0.846. The largest absolute Gasteiger partial charge is 0.480 e. The zero-order valence-electron chi connectivity index (χ0n) is 9.47. The van der Waals surface area contributed by atoms with Crippen molar-refractivity contribution >= 4 is 11.8 Å². The number of carboxylic acids is 1. The van der Waals surface area contributed by atoms with E-state index in [-0.39, 0.29) is 0 Å². The van der Waals surface area contributed by atoms with Crippen LogP contribution in [-0.4, -0.2) is 33.1 Å². The smallest absolute Gasteiger partial charge is 0.329 e. The first-order valence-electron chi connectivity index (χ1n) is 5.34. The first-order chi connectivity index (χ1) is 7.55. The predicted octanol–water partition coefficient (Wildman–Crippen LogP) is 1.23. The molecule has 0 spiro atoms. The second kappa shape index (κ2) is 3.73. The van der Waals surface area contributed by atoms with Crippen LogP contribution < -0.4 is 4.90 Å². The Balaban J connectivity index is 2.41. The lowest BCUT2D eigenvalue weighted by molar-refractivity contribution is -0.142. The molecule has 1 aliphatic rings. The number of carboxylic acid groups (broad SMARTS) is 1. The van der Waals surface area contributed by atoms with Crippen LogP contribution in [0.15, 0.2) is 12.4 Å². The highest BCUT2D eigenvalue weighted by molar-refractivity contribution is 5.83. The van der Waals surface area contributed by atoms with E-state index in [1.54, 1.807) is 19.3 Å². The molecule has 1 fully saturated rings. The van der Waals surface area contributed by atoms with Gasteiger partial charge in [0.15, 0.2) is 5.82 Å². The van der Waals surface area contributed by atoms with Gasteiger partial charge in [-0.1, -0.05) is 0 Å². The summed E-state index contributed by atoms with van der Waals surface area (Å²) in [4.78, 5) is 21.6. The summed E-state index contributed by atoms with van der Waals surface area (Å²) >= 11 is 0. The SMILES string of the molecule is Cc1nccnc1N1CCCC1(C)C(=O)O. The van der Waals surface area contributed by atoms with Gasteiger partial charge in [0.05, 0.1) is 5.69 Å². The van der Waals surface area contributed by atoms with Gasteiger partial charge >= 0.3 is 5.97 Å². The molecule has 1 saturated heterocycles. The third-order valence-electron chi connectivity index (χ3n) is 3.21. The van der Waals surface area contributed by atoms with Crippen molar-refractivity contribution in [2.75, 3.05) is 11.4 Å². The van der Waals surface area contributed by atoms with Gasteiger partial charge in [0.1, 0.15) is 5.54 Å². The Bertz CT molecular complexity index is 421. The molecule has 0 amide bonds. The van der Waals surface area contributed by atoms with Crippen LogP contribution in [0.2, 0.25) is 0 Å². The monoisotopic (exact) mass is 221 g/mol. The molecule has 2 rings (SSSR count). The summed E-state index contributed by atoms with van der Waals surface area (Å²) < 4.78 is 0. The van der Waals surface area contributed by atoms with Gasteiger partial charge in [-0.3, -0.25) is 4.98 Å². The fourth-order valence-corrected chi connectivity index (χ4v) is 2.19. The van der Waals surface area contributed by atoms with Crippen LogP contribution in [0.5, 0.6) is 0 Å². The summed E-state index contributed by atoms with van der Waals surface area (Å²) in [6, 6.07) is 0. The van der Waals surface area contributed by atoms with E-state index in [2.05, 4.69) is 9.97 Å². The van der Waals surface area contributed by atoms with Crippen molar-refractivity contribution in [1.29, 1.82) is 0 Å². The molecular formula is C11H15N3O2. The Morgan fingerprint density at radius 3 is 2.81 bits per heavy atom. The van der Waals surface area contributed by atoms with Crippen LogP contribution >= 0.6 is 0 Å². The minimum Gasteiger partial charge on any atom is -0.480 e. The fraction of sp³-hybridized carbons (Fsp3) is 0.545. The second-order valence-electron chi connectivity index (χ2n) is 4.30. The van der Waals surface area contributed by atoms with Crippen LogP contribution in [0.1, 0.15) is 25.5 Å². The van der Waals surface area contributed by atoms with Gasteiger partial charge in [-0.15, -0.1) is 0 Å². The van der Waals surface area contributed by atoms with Crippen LogP contribution in [0.4, 0.5) is 5.82 Å². The summed E-state index contributed by atoms with van der Waals surface area (Å²) in [6.45, 7) is 4.32. The van der Waals surface area contributed by atoms with Gasteiger partial charge < -0.3 is 10.0 Å². The number of aryl methyl sites for hydroxylation is 1. The molecule has 0 aliphatic carbocycles. The lowest BCUT2D eigenvalue weighted by Gasteiger charge is -2.32. The van der Waals surface area contributed by atoms with Gasteiger partial charge in [-0.25, -0.2) is 9.78 Å². The lowest BCUT2D eigenvalue weighted by Crippen LogP contribution is -2.48. The quantitative estimate of drug-likeness (QED) is 0.813. The molecule has 16 heavy (non-hydrogen) atoms. The van der Waals surface area contributed by atoms with Gasteiger partial charge in [0.2, 0.25) is 0 Å². The van der Waals surface area contributed by atoms with E-state index in [0.29, 0.717) is 12.2 Å². The van der Waals surface area contributed by atoms with Crippen molar-refractivity contribution in [3.8, 4) is 0 Å². The Morgan fingerprint density at radius 2 is 2.19 bits per heavy atom. The van der Waals surface area contributed by atoms with Crippen LogP contribution in [0.25, 0.3) is 0 Å². The molecule has 0 aromatic carbocycles. The number of carbonyl (C=O) groups is 1. The third-order valence-corrected chi connectivity index (χ3v) is 3.21. The molecule has 1 aliphatic heterocycles. The van der Waals surface area contributed by atoms with E-state index < -0.39 is 11.5 Å². The van der Waals surface area contributed by atoms with Crippen molar-refractivity contribution in [1.82, 2.24) is 9.97 Å². The number of hydrogen-bond donors (Lipinski definition) is 1. The number of hydrogen-bond acceptors (Lipinski definition) is 4. The fourth-order valence-electron chi connectivity index (χ4n) is 2.19. The van der Waals surface area contributed by atoms with Crippen molar-refractivity contribution < 1.29 is 9.90 Å². The van der Waals surface area contributed by atoms with E-state index in [1.165, 1.54) is 0 Å². The summed E-state index contributed by atoms with van der Waals surface area (Å²) in [7, 11) is 0. The van der Waals surface area contributed by atoms with E-state index in [4.69, 9.17) is 0 Å². The zero-order chi connectivity index (χ0) is 11.8. The standard InChI is InChI=1S/C11H15N3O2/c1-8-9(13-6-5-12-8)14-7-3-4-11(14,2)10(15)16/h5-6H,3-4,7H2,1-2H3,(H,15,16). The topological polar surface area (TPSA) is 66.3 Å². The molecule has 1 aromatic rings. The first-order valence-corrected chi connectivity index (χ1v) is 5.34. The number of rotatable bonds is 2. The highest BCUT2D eigenvalue weighted by atomic mass is 16.4. The molecule has 1 N–H and O–H groups in total. The van der Waals surface area contributed by atoms with E-state index in [9.17, 15) is 9.90 Å². The number of anilines is 1. The lowest BCUT2D eigenvalue weighted by atomic mass is 9.99. The molecule has 0 radical (unpaired) electrons. The molecule has 2 heterocycles. The molecule has 0 bridgehead atoms. The van der Waals surface area contributed by atoms with E-state index in [0.717, 1.165) is 18.7 Å². The van der Waals surface area contributed by atoms with Crippen LogP contribution in [0.3, 0.4) is 0 Å². The predicted molar refractivity (Wildman–Crippen MR) is 59.4 cm³/mol. The van der Waals surface area contributed by atoms with Crippen molar-refractivity contribution in [2.24, 2.45) is 0 Å². The maximum atomic E-state index is 11.3. The van der Waals surface area contributed by atoms with Crippen molar-refractivity contribution in [2.45, 2.75) is 32.2 Å². The molecule has 0 saturated carbocycles. The summed E-state index contributed by atoms with van der Waals surface area (Å²) in [6.07, 6.45) is 4.74. The molecule has 5 heteroatoms. The summed E-state index contributed by atoms with van der Waals surface area (Å²) in [5, 5.41) is 9.31. The van der Waals surface area contributed by atoms with Crippen LogP contribution in [-0.2, 0) is 4.79 Å². The van der Waals surface area contributed by atoms with Crippen molar-refractivity contribution in [3.05, 3.63) is 18.1 Å². The highest BCUT2D eigenvalue weighted by Crippen LogP contribution is 2.33. The Morgan fingerprint density at radius 1 is 1.50 bits per heavy atom. The van der Waals surface area contributed by atoms with Gasteiger partial charge in [-0.05, 0) is 26.7 Å². The molecule has 86 valence electrons. The van der Waals surface area contributed by atoms with Crippen molar-refractivity contribution in [3.63, 3.8) is 0 Å². The molecule has 1 aromatic heterocycles. The van der Waals surface area contributed by atoms with Gasteiger partial charge in [0.25, 0.3) is 0 Å². The van der Waals surface area contributed by atoms with Gasteiger partial charge in [-0.2, -0.15) is 0 Å². The maximum Gasteiger partial charge on any atom is 0.329 e. The molecule has 5 nitrogen and oxygen atoms in total. The minimum absolute atomic E-state index is 0.651. The Kier molecular flexibility index (Phi) is 2.53. The average molecular weight is 221 g/mol. The number of aromatic nitrogens is 2. The third kappa shape index (κ3) is 1.52. The van der Waals surface area contributed by atoms with Gasteiger partial charge in [0, 0.05) is 18.9 Å². The van der Waals surface area contributed by atoms with E-state index in [1.807, 2.05) is 11.8 Å². The number of aliphatic carboxylic acids is 1. The Hall–Kier alpha value is -1.65. The zero-order valence-corrected chi connectivity index (χ0v) is 9.47. The van der Waals surface area contributed by atoms with Crippen LogP contribution in [0, 0.1) is 6.92 Å². The maximum absolute atomic E-state index is 11.3. The van der Waals surface area contributed by atoms with E-state index >= 15 is 0 Å². The molecular weight excluding hydrogens is 206 g/mol. The molecule has 1 atom stereocenters. The first kappa shape index (κ1) is 10.9. The normalized spacial score (nSPS) is 24.8. The highest BCUT2D eigenvalue weighted by Gasteiger charge is 2.44. The Labute approximate surface area is 94.1 Å². The molecule has 1 unspecified atom stereocenters. The number of nitrogens with zero attached hydrogens (tertiary/aromatic N) is 3.